The maximum atomic E-state index is 12.5. The molecule has 1 fully saturated rings. The van der Waals surface area contributed by atoms with Crippen LogP contribution in [0.2, 0.25) is 0 Å². The monoisotopic (exact) mass is 334 g/mol. The zero-order valence-electron chi connectivity index (χ0n) is 15.5. The second kappa shape index (κ2) is 7.09. The van der Waals surface area contributed by atoms with Crippen LogP contribution in [0, 0.1) is 0 Å². The number of likely N-dealkylation sites (tertiary alicyclic amines) is 1. The van der Waals surface area contributed by atoms with Gasteiger partial charge in [0, 0.05) is 24.7 Å². The molecule has 1 saturated heterocycles. The SMILES string of the molecule is CC(C)(C)Oc1cccc(CCC(=O)N2CCCC2C(C)(C)O)n1. The van der Waals surface area contributed by atoms with Crippen molar-refractivity contribution in [2.75, 3.05) is 6.54 Å². The molecule has 2 heterocycles. The lowest BCUT2D eigenvalue weighted by molar-refractivity contribution is -0.136. The Labute approximate surface area is 145 Å². The number of nitrogens with zero attached hydrogens (tertiary/aromatic N) is 2. The fourth-order valence-electron chi connectivity index (χ4n) is 3.15. The van der Waals surface area contributed by atoms with Gasteiger partial charge in [0.1, 0.15) is 5.60 Å². The Morgan fingerprint density at radius 3 is 2.67 bits per heavy atom. The quantitative estimate of drug-likeness (QED) is 0.899. The second-order valence-electron chi connectivity index (χ2n) is 8.08. The van der Waals surface area contributed by atoms with E-state index in [1.807, 2.05) is 43.9 Å². The number of carbonyl (C=O) groups excluding carboxylic acids is 1. The van der Waals surface area contributed by atoms with E-state index in [1.165, 1.54) is 0 Å². The number of carbonyl (C=O) groups is 1. The van der Waals surface area contributed by atoms with E-state index in [9.17, 15) is 9.90 Å². The van der Waals surface area contributed by atoms with E-state index in [-0.39, 0.29) is 17.6 Å². The zero-order chi connectivity index (χ0) is 18.0. The number of hydrogen-bond donors (Lipinski definition) is 1. The average molecular weight is 334 g/mol. The predicted molar refractivity (Wildman–Crippen MR) is 94.0 cm³/mol. The van der Waals surface area contributed by atoms with Crippen LogP contribution in [0.4, 0.5) is 0 Å². The highest BCUT2D eigenvalue weighted by molar-refractivity contribution is 5.77. The minimum Gasteiger partial charge on any atom is -0.472 e. The Hall–Kier alpha value is -1.62. The molecule has 5 heteroatoms. The van der Waals surface area contributed by atoms with Crippen molar-refractivity contribution in [2.24, 2.45) is 0 Å². The summed E-state index contributed by atoms with van der Waals surface area (Å²) in [7, 11) is 0. The van der Waals surface area contributed by atoms with E-state index in [1.54, 1.807) is 13.8 Å². The van der Waals surface area contributed by atoms with Gasteiger partial charge in [0.25, 0.3) is 0 Å². The molecule has 1 aromatic rings. The van der Waals surface area contributed by atoms with Gasteiger partial charge in [-0.3, -0.25) is 4.79 Å². The smallest absolute Gasteiger partial charge is 0.223 e. The molecule has 0 saturated carbocycles. The van der Waals surface area contributed by atoms with Gasteiger partial charge < -0.3 is 14.7 Å². The number of rotatable bonds is 5. The highest BCUT2D eigenvalue weighted by Crippen LogP contribution is 2.27. The first-order chi connectivity index (χ1) is 11.1. The molecule has 1 aliphatic rings. The van der Waals surface area contributed by atoms with E-state index in [4.69, 9.17) is 4.74 Å². The van der Waals surface area contributed by atoms with Crippen LogP contribution in [0.5, 0.6) is 5.88 Å². The first-order valence-electron chi connectivity index (χ1n) is 8.73. The normalized spacial score (nSPS) is 18.8. The lowest BCUT2D eigenvalue weighted by Crippen LogP contribution is -2.48. The average Bonchev–Trinajstić information content (AvgIpc) is 2.93. The van der Waals surface area contributed by atoms with Crippen LogP contribution >= 0.6 is 0 Å². The molecule has 5 nitrogen and oxygen atoms in total. The first-order valence-corrected chi connectivity index (χ1v) is 8.73. The summed E-state index contributed by atoms with van der Waals surface area (Å²) in [6, 6.07) is 5.57. The molecule has 1 amide bonds. The third-order valence-corrected chi connectivity index (χ3v) is 4.18. The summed E-state index contributed by atoms with van der Waals surface area (Å²) in [5.74, 6) is 0.673. The molecule has 0 bridgehead atoms. The lowest BCUT2D eigenvalue weighted by Gasteiger charge is -2.33. The molecular formula is C19H30N2O3. The van der Waals surface area contributed by atoms with E-state index < -0.39 is 5.60 Å². The minimum atomic E-state index is -0.856. The van der Waals surface area contributed by atoms with Gasteiger partial charge in [-0.1, -0.05) is 6.07 Å². The van der Waals surface area contributed by atoms with Crippen molar-refractivity contribution in [2.45, 2.75) is 77.5 Å². The number of aliphatic hydroxyl groups is 1. The summed E-state index contributed by atoms with van der Waals surface area (Å²) in [4.78, 5) is 18.9. The van der Waals surface area contributed by atoms with Gasteiger partial charge in [-0.15, -0.1) is 0 Å². The number of hydrogen-bond acceptors (Lipinski definition) is 4. The van der Waals surface area contributed by atoms with Crippen LogP contribution in [-0.2, 0) is 11.2 Å². The molecule has 0 radical (unpaired) electrons. The molecule has 2 rings (SSSR count). The van der Waals surface area contributed by atoms with Crippen molar-refractivity contribution in [1.82, 2.24) is 9.88 Å². The van der Waals surface area contributed by atoms with Crippen LogP contribution in [0.25, 0.3) is 0 Å². The molecule has 1 aliphatic heterocycles. The Morgan fingerprint density at radius 1 is 1.33 bits per heavy atom. The van der Waals surface area contributed by atoms with Crippen LogP contribution in [0.1, 0.15) is 59.6 Å². The Bertz CT molecular complexity index is 573. The van der Waals surface area contributed by atoms with Crippen molar-refractivity contribution in [3.8, 4) is 5.88 Å². The van der Waals surface area contributed by atoms with Gasteiger partial charge >= 0.3 is 0 Å². The highest BCUT2D eigenvalue weighted by atomic mass is 16.5. The number of aromatic nitrogens is 1. The van der Waals surface area contributed by atoms with Crippen LogP contribution in [0.3, 0.4) is 0 Å². The standard InChI is InChI=1S/C19H30N2O3/c1-18(2,3)24-16-10-6-8-14(20-16)11-12-17(22)21-13-7-9-15(21)19(4,5)23/h6,8,10,15,23H,7,9,11-13H2,1-5H3. The van der Waals surface area contributed by atoms with Gasteiger partial charge in [-0.05, 0) is 59.9 Å². The summed E-state index contributed by atoms with van der Waals surface area (Å²) >= 11 is 0. The maximum Gasteiger partial charge on any atom is 0.223 e. The molecule has 1 atom stereocenters. The summed E-state index contributed by atoms with van der Waals surface area (Å²) in [5, 5.41) is 10.2. The third kappa shape index (κ3) is 5.20. The minimum absolute atomic E-state index is 0.0866. The second-order valence-corrected chi connectivity index (χ2v) is 8.08. The summed E-state index contributed by atoms with van der Waals surface area (Å²) < 4.78 is 5.77. The molecule has 0 spiro atoms. The van der Waals surface area contributed by atoms with E-state index >= 15 is 0 Å². The maximum absolute atomic E-state index is 12.5. The first kappa shape index (κ1) is 18.7. The van der Waals surface area contributed by atoms with Gasteiger partial charge in [0.15, 0.2) is 0 Å². The lowest BCUT2D eigenvalue weighted by atomic mass is 9.96. The molecule has 134 valence electrons. The van der Waals surface area contributed by atoms with Crippen molar-refractivity contribution in [1.29, 1.82) is 0 Å². The van der Waals surface area contributed by atoms with Gasteiger partial charge in [0.05, 0.1) is 11.6 Å². The molecular weight excluding hydrogens is 304 g/mol. The Balaban J connectivity index is 1.96. The van der Waals surface area contributed by atoms with E-state index in [0.717, 1.165) is 25.1 Å². The molecule has 1 N–H and O–H groups in total. The van der Waals surface area contributed by atoms with Crippen molar-refractivity contribution < 1.29 is 14.6 Å². The summed E-state index contributed by atoms with van der Waals surface area (Å²) in [6.45, 7) is 10.2. The van der Waals surface area contributed by atoms with Crippen LogP contribution in [0.15, 0.2) is 18.2 Å². The largest absolute Gasteiger partial charge is 0.472 e. The highest BCUT2D eigenvalue weighted by Gasteiger charge is 2.38. The number of ether oxygens (including phenoxy) is 1. The number of pyridine rings is 1. The topological polar surface area (TPSA) is 62.7 Å². The molecule has 0 aliphatic carbocycles. The third-order valence-electron chi connectivity index (χ3n) is 4.18. The van der Waals surface area contributed by atoms with Crippen molar-refractivity contribution in [3.05, 3.63) is 23.9 Å². The molecule has 0 aromatic carbocycles. The van der Waals surface area contributed by atoms with Gasteiger partial charge in [-0.2, -0.15) is 0 Å². The molecule has 1 aromatic heterocycles. The Morgan fingerprint density at radius 2 is 2.04 bits per heavy atom. The van der Waals surface area contributed by atoms with Gasteiger partial charge in [0.2, 0.25) is 11.8 Å². The predicted octanol–water partition coefficient (Wildman–Crippen LogP) is 2.95. The number of aryl methyl sites for hydroxylation is 1. The molecule has 24 heavy (non-hydrogen) atoms. The fourth-order valence-corrected chi connectivity index (χ4v) is 3.15. The molecule has 1 unspecified atom stereocenters. The van der Waals surface area contributed by atoms with Gasteiger partial charge in [-0.25, -0.2) is 4.98 Å². The van der Waals surface area contributed by atoms with E-state index in [2.05, 4.69) is 4.98 Å². The van der Waals surface area contributed by atoms with Crippen molar-refractivity contribution in [3.63, 3.8) is 0 Å². The Kier molecular flexibility index (Phi) is 5.53. The van der Waals surface area contributed by atoms with E-state index in [0.29, 0.717) is 18.7 Å². The fraction of sp³-hybridized carbons (Fsp3) is 0.684. The van der Waals surface area contributed by atoms with Crippen LogP contribution < -0.4 is 4.74 Å². The van der Waals surface area contributed by atoms with Crippen molar-refractivity contribution >= 4 is 5.91 Å². The summed E-state index contributed by atoms with van der Waals surface area (Å²) in [5.41, 5.74) is -0.300. The number of amides is 1. The van der Waals surface area contributed by atoms with Crippen LogP contribution in [-0.4, -0.2) is 44.7 Å². The zero-order valence-corrected chi connectivity index (χ0v) is 15.5. The summed E-state index contributed by atoms with van der Waals surface area (Å²) in [6.07, 6.45) is 2.80.